The van der Waals surface area contributed by atoms with E-state index in [4.69, 9.17) is 10.5 Å². The molecule has 0 saturated heterocycles. The number of methoxy groups -OCH3 is 1. The molecule has 8 nitrogen and oxygen atoms in total. The van der Waals surface area contributed by atoms with E-state index in [1.54, 1.807) is 17.0 Å². The number of ketones is 1. The van der Waals surface area contributed by atoms with Gasteiger partial charge in [0.25, 0.3) is 0 Å². The lowest BCUT2D eigenvalue weighted by atomic mass is 9.93. The molecule has 1 heterocycles. The number of carbonyl (C=O) groups excluding carboxylic acids is 3. The molecule has 8 heteroatoms. The number of amides is 1. The van der Waals surface area contributed by atoms with Crippen molar-refractivity contribution >= 4 is 23.7 Å². The number of hydrogen-bond donors (Lipinski definition) is 3. The van der Waals surface area contributed by atoms with E-state index in [-0.39, 0.29) is 30.4 Å². The van der Waals surface area contributed by atoms with Gasteiger partial charge >= 0.3 is 0 Å². The van der Waals surface area contributed by atoms with Crippen molar-refractivity contribution in [2.45, 2.75) is 58.9 Å². The highest BCUT2D eigenvalue weighted by atomic mass is 16.5. The number of nitrogens with one attached hydrogen (secondary N) is 2. The standard InChI is InChI=1S/C33H38N4O4/c1-20-13-25(19-38)14-21(2)27(20)16-29(34)33(40)37(18-24-11-12-31(41-5)28(15-24)23(4)39)22(3)32-35-17-30(36-32)26-9-7-6-8-10-26/h6-15,17,19,22,29,32,35-36H,16,18,34H2,1-5H3. The zero-order valence-electron chi connectivity index (χ0n) is 24.2. The molecular formula is C33H38N4O4. The van der Waals surface area contributed by atoms with Crippen molar-refractivity contribution in [1.82, 2.24) is 15.5 Å². The summed E-state index contributed by atoms with van der Waals surface area (Å²) in [4.78, 5) is 39.4. The van der Waals surface area contributed by atoms with E-state index in [1.807, 2.05) is 75.5 Å². The summed E-state index contributed by atoms with van der Waals surface area (Å²) in [5.74, 6) is 0.157. The Labute approximate surface area is 241 Å². The Kier molecular flexibility index (Phi) is 9.24. The second-order valence-electron chi connectivity index (χ2n) is 10.6. The molecule has 41 heavy (non-hydrogen) atoms. The fourth-order valence-corrected chi connectivity index (χ4v) is 5.33. The summed E-state index contributed by atoms with van der Waals surface area (Å²) in [5, 5.41) is 6.88. The SMILES string of the molecule is COc1ccc(CN(C(=O)C(N)Cc2c(C)cc(C=O)cc2C)C(C)C2NC=C(c3ccccc3)N2)cc1C(C)=O. The van der Waals surface area contributed by atoms with Crippen LogP contribution in [0.5, 0.6) is 5.75 Å². The molecule has 4 rings (SSSR count). The van der Waals surface area contributed by atoms with Gasteiger partial charge in [0, 0.05) is 18.3 Å². The van der Waals surface area contributed by atoms with E-state index in [1.165, 1.54) is 14.0 Å². The van der Waals surface area contributed by atoms with Gasteiger partial charge in [-0.15, -0.1) is 0 Å². The van der Waals surface area contributed by atoms with Crippen LogP contribution in [0.15, 0.2) is 66.9 Å². The third kappa shape index (κ3) is 6.66. The Morgan fingerprint density at radius 2 is 1.76 bits per heavy atom. The summed E-state index contributed by atoms with van der Waals surface area (Å²) in [6, 6.07) is 17.9. The van der Waals surface area contributed by atoms with Crippen molar-refractivity contribution in [3.8, 4) is 5.75 Å². The number of hydrogen-bond acceptors (Lipinski definition) is 7. The van der Waals surface area contributed by atoms with Gasteiger partial charge in [0.05, 0.1) is 30.5 Å². The van der Waals surface area contributed by atoms with Crippen LogP contribution in [-0.2, 0) is 17.8 Å². The van der Waals surface area contributed by atoms with Gasteiger partial charge in [0.15, 0.2) is 5.78 Å². The maximum Gasteiger partial charge on any atom is 0.240 e. The maximum atomic E-state index is 14.1. The first-order valence-corrected chi connectivity index (χ1v) is 13.7. The summed E-state index contributed by atoms with van der Waals surface area (Å²) in [7, 11) is 1.53. The zero-order chi connectivity index (χ0) is 29.7. The molecule has 0 aromatic heterocycles. The van der Waals surface area contributed by atoms with Crippen molar-refractivity contribution in [2.24, 2.45) is 5.73 Å². The number of aldehydes is 1. The predicted octanol–water partition coefficient (Wildman–Crippen LogP) is 4.13. The highest BCUT2D eigenvalue weighted by molar-refractivity contribution is 5.97. The molecule has 214 valence electrons. The molecule has 0 radical (unpaired) electrons. The lowest BCUT2D eigenvalue weighted by molar-refractivity contribution is -0.136. The van der Waals surface area contributed by atoms with Crippen molar-refractivity contribution in [3.05, 3.63) is 106 Å². The second kappa shape index (κ2) is 12.8. The van der Waals surface area contributed by atoms with Crippen molar-refractivity contribution in [2.75, 3.05) is 7.11 Å². The summed E-state index contributed by atoms with van der Waals surface area (Å²) in [6.07, 6.45) is 2.81. The molecule has 4 N–H and O–H groups in total. The smallest absolute Gasteiger partial charge is 0.240 e. The highest BCUT2D eigenvalue weighted by Gasteiger charge is 2.33. The number of nitrogens with two attached hydrogens (primary N) is 1. The second-order valence-corrected chi connectivity index (χ2v) is 10.6. The molecule has 0 fully saturated rings. The van der Waals surface area contributed by atoms with E-state index in [2.05, 4.69) is 10.6 Å². The van der Waals surface area contributed by atoms with E-state index in [9.17, 15) is 14.4 Å². The molecule has 3 aromatic rings. The summed E-state index contributed by atoms with van der Waals surface area (Å²) >= 11 is 0. The monoisotopic (exact) mass is 554 g/mol. The number of Topliss-reactive ketones (excluding diaryl/α,β-unsaturated/α-hetero) is 1. The predicted molar refractivity (Wildman–Crippen MR) is 160 cm³/mol. The first-order chi connectivity index (χ1) is 19.6. The van der Waals surface area contributed by atoms with Gasteiger partial charge in [-0.05, 0) is 86.2 Å². The molecule has 0 spiro atoms. The quantitative estimate of drug-likeness (QED) is 0.241. The summed E-state index contributed by atoms with van der Waals surface area (Å²) in [5.41, 5.74) is 13.2. The average molecular weight is 555 g/mol. The lowest BCUT2D eigenvalue weighted by Crippen LogP contribution is -2.56. The Bertz CT molecular complexity index is 1440. The van der Waals surface area contributed by atoms with Gasteiger partial charge in [-0.1, -0.05) is 36.4 Å². The minimum atomic E-state index is -0.814. The number of nitrogens with zero attached hydrogens (tertiary/aromatic N) is 1. The first-order valence-electron chi connectivity index (χ1n) is 13.7. The third-order valence-electron chi connectivity index (χ3n) is 7.65. The summed E-state index contributed by atoms with van der Waals surface area (Å²) in [6.45, 7) is 7.57. The van der Waals surface area contributed by atoms with Gasteiger partial charge in [0.2, 0.25) is 5.91 Å². The van der Waals surface area contributed by atoms with Crippen LogP contribution in [0.2, 0.25) is 0 Å². The Morgan fingerprint density at radius 1 is 1.07 bits per heavy atom. The third-order valence-corrected chi connectivity index (χ3v) is 7.65. The van der Waals surface area contributed by atoms with Gasteiger partial charge in [-0.2, -0.15) is 0 Å². The topological polar surface area (TPSA) is 114 Å². The van der Waals surface area contributed by atoms with Crippen molar-refractivity contribution < 1.29 is 19.1 Å². The van der Waals surface area contributed by atoms with Crippen molar-refractivity contribution in [3.63, 3.8) is 0 Å². The number of rotatable bonds is 11. The van der Waals surface area contributed by atoms with Gasteiger partial charge in [-0.25, -0.2) is 0 Å². The molecule has 0 aliphatic carbocycles. The molecule has 0 bridgehead atoms. The first kappa shape index (κ1) is 29.6. The maximum absolute atomic E-state index is 14.1. The van der Waals surface area contributed by atoms with Crippen LogP contribution in [0.1, 0.15) is 62.4 Å². The van der Waals surface area contributed by atoms with Crippen molar-refractivity contribution in [1.29, 1.82) is 0 Å². The number of ether oxygens (including phenoxy) is 1. The molecule has 3 unspecified atom stereocenters. The molecule has 3 aromatic carbocycles. The number of carbonyl (C=O) groups is 3. The number of benzene rings is 3. The van der Waals surface area contributed by atoms with E-state index < -0.39 is 6.04 Å². The highest BCUT2D eigenvalue weighted by Crippen LogP contribution is 2.25. The Hall–Kier alpha value is -4.43. The molecule has 3 atom stereocenters. The van der Waals surface area contributed by atoms with Gasteiger partial charge in [-0.3, -0.25) is 14.4 Å². The van der Waals surface area contributed by atoms with E-state index in [0.717, 1.165) is 39.8 Å². The van der Waals surface area contributed by atoms with E-state index in [0.29, 0.717) is 23.3 Å². The van der Waals surface area contributed by atoms with Crippen LogP contribution in [0, 0.1) is 13.8 Å². The average Bonchev–Trinajstić information content (AvgIpc) is 3.47. The minimum absolute atomic E-state index is 0.119. The fourth-order valence-electron chi connectivity index (χ4n) is 5.33. The molecular weight excluding hydrogens is 516 g/mol. The minimum Gasteiger partial charge on any atom is -0.496 e. The van der Waals surface area contributed by atoms with Gasteiger partial charge in [0.1, 0.15) is 18.2 Å². The summed E-state index contributed by atoms with van der Waals surface area (Å²) < 4.78 is 5.37. The van der Waals surface area contributed by atoms with E-state index >= 15 is 0 Å². The Morgan fingerprint density at radius 3 is 2.37 bits per heavy atom. The van der Waals surface area contributed by atoms with Crippen LogP contribution in [0.4, 0.5) is 0 Å². The normalized spacial score (nSPS) is 15.7. The molecule has 1 aliphatic heterocycles. The number of aryl methyl sites for hydroxylation is 2. The zero-order valence-corrected chi connectivity index (χ0v) is 24.2. The molecule has 0 saturated carbocycles. The van der Waals surface area contributed by atoms with Crippen LogP contribution < -0.4 is 21.1 Å². The Balaban J connectivity index is 1.62. The van der Waals surface area contributed by atoms with Crippen LogP contribution in [-0.4, -0.2) is 48.2 Å². The van der Waals surface area contributed by atoms with Crippen LogP contribution >= 0.6 is 0 Å². The fraction of sp³-hybridized carbons (Fsp3) is 0.303. The van der Waals surface area contributed by atoms with Crippen LogP contribution in [0.25, 0.3) is 5.70 Å². The van der Waals surface area contributed by atoms with Crippen LogP contribution in [0.3, 0.4) is 0 Å². The molecule has 1 amide bonds. The molecule has 1 aliphatic rings. The largest absolute Gasteiger partial charge is 0.496 e. The van der Waals surface area contributed by atoms with Gasteiger partial charge < -0.3 is 26.0 Å². The lowest BCUT2D eigenvalue weighted by Gasteiger charge is -2.36.